The zero-order valence-corrected chi connectivity index (χ0v) is 10.5. The molecule has 1 unspecified atom stereocenters. The predicted molar refractivity (Wildman–Crippen MR) is 65.2 cm³/mol. The first-order valence-corrected chi connectivity index (χ1v) is 5.86. The summed E-state index contributed by atoms with van der Waals surface area (Å²) in [6.07, 6.45) is 2.17. The van der Waals surface area contributed by atoms with Crippen LogP contribution in [-0.2, 0) is 4.79 Å². The number of aromatic nitrogens is 1. The molecule has 1 N–H and O–H groups in total. The zero-order valence-electron chi connectivity index (χ0n) is 10.5. The molecule has 1 atom stereocenters. The summed E-state index contributed by atoms with van der Waals surface area (Å²) in [6, 6.07) is 3.52. The molecule has 17 heavy (non-hydrogen) atoms. The Hall–Kier alpha value is -1.58. The predicted octanol–water partition coefficient (Wildman–Crippen LogP) is 2.69. The van der Waals surface area contributed by atoms with E-state index in [1.807, 2.05) is 20.8 Å². The van der Waals surface area contributed by atoms with Crippen LogP contribution in [0.1, 0.15) is 38.8 Å². The molecule has 1 heterocycles. The molecular formula is C13H19NO3. The molecule has 0 spiro atoms. The van der Waals surface area contributed by atoms with Crippen molar-refractivity contribution < 1.29 is 14.6 Å². The molecule has 94 valence electrons. The van der Waals surface area contributed by atoms with Crippen LogP contribution in [0.15, 0.2) is 18.3 Å². The summed E-state index contributed by atoms with van der Waals surface area (Å²) < 4.78 is 5.42. The lowest BCUT2D eigenvalue weighted by molar-refractivity contribution is -0.139. The number of aliphatic carboxylic acids is 1. The lowest BCUT2D eigenvalue weighted by Gasteiger charge is -2.17. The third-order valence-electron chi connectivity index (χ3n) is 2.43. The molecule has 0 aliphatic heterocycles. The van der Waals surface area contributed by atoms with E-state index < -0.39 is 11.9 Å². The molecule has 4 nitrogen and oxygen atoms in total. The first kappa shape index (κ1) is 13.5. The van der Waals surface area contributed by atoms with E-state index >= 15 is 0 Å². The lowest BCUT2D eigenvalue weighted by Crippen LogP contribution is -2.16. The molecule has 0 bridgehead atoms. The largest absolute Gasteiger partial charge is 0.492 e. The second kappa shape index (κ2) is 6.23. The van der Waals surface area contributed by atoms with Crippen molar-refractivity contribution in [2.24, 2.45) is 5.92 Å². The third kappa shape index (κ3) is 3.73. The lowest BCUT2D eigenvalue weighted by atomic mass is 9.93. The fourth-order valence-electron chi connectivity index (χ4n) is 1.74. The van der Waals surface area contributed by atoms with Gasteiger partial charge in [0.2, 0.25) is 0 Å². The maximum atomic E-state index is 11.3. The quantitative estimate of drug-likeness (QED) is 0.826. The van der Waals surface area contributed by atoms with Crippen LogP contribution in [0.4, 0.5) is 0 Å². The summed E-state index contributed by atoms with van der Waals surface area (Å²) in [5.74, 6) is -0.577. The van der Waals surface area contributed by atoms with Crippen LogP contribution in [0.3, 0.4) is 0 Å². The number of carboxylic acids is 1. The van der Waals surface area contributed by atoms with Crippen LogP contribution < -0.4 is 4.74 Å². The molecule has 0 fully saturated rings. The van der Waals surface area contributed by atoms with E-state index in [2.05, 4.69) is 4.98 Å². The Labute approximate surface area is 102 Å². The van der Waals surface area contributed by atoms with Gasteiger partial charge in [0.1, 0.15) is 11.7 Å². The molecule has 0 amide bonds. The van der Waals surface area contributed by atoms with E-state index in [0.717, 1.165) is 0 Å². The molecule has 4 heteroatoms. The Bertz CT molecular complexity index is 377. The monoisotopic (exact) mass is 237 g/mol. The Balaban J connectivity index is 3.04. The SMILES string of the molecule is CCOc1cccnc1C(CC(C)C)C(=O)O. The van der Waals surface area contributed by atoms with E-state index in [1.165, 1.54) is 0 Å². The van der Waals surface area contributed by atoms with Crippen molar-refractivity contribution in [1.82, 2.24) is 4.98 Å². The average Bonchev–Trinajstić information content (AvgIpc) is 2.27. The van der Waals surface area contributed by atoms with Crippen molar-refractivity contribution in [3.8, 4) is 5.75 Å². The number of nitrogens with zero attached hydrogens (tertiary/aromatic N) is 1. The summed E-state index contributed by atoms with van der Waals surface area (Å²) in [5.41, 5.74) is 0.524. The number of ether oxygens (including phenoxy) is 1. The van der Waals surface area contributed by atoms with Crippen LogP contribution in [0.2, 0.25) is 0 Å². The first-order valence-electron chi connectivity index (χ1n) is 5.86. The maximum absolute atomic E-state index is 11.3. The van der Waals surface area contributed by atoms with Gasteiger partial charge in [-0.15, -0.1) is 0 Å². The van der Waals surface area contributed by atoms with Gasteiger partial charge in [0, 0.05) is 6.20 Å². The van der Waals surface area contributed by atoms with Gasteiger partial charge in [-0.25, -0.2) is 0 Å². The Morgan fingerprint density at radius 2 is 2.24 bits per heavy atom. The van der Waals surface area contributed by atoms with Gasteiger partial charge in [0.15, 0.2) is 0 Å². The third-order valence-corrected chi connectivity index (χ3v) is 2.43. The number of carbonyl (C=O) groups is 1. The van der Waals surface area contributed by atoms with E-state index in [-0.39, 0.29) is 0 Å². The minimum atomic E-state index is -0.849. The summed E-state index contributed by atoms with van der Waals surface area (Å²) in [5, 5.41) is 9.27. The van der Waals surface area contributed by atoms with Crippen molar-refractivity contribution in [2.45, 2.75) is 33.1 Å². The van der Waals surface area contributed by atoms with Crippen molar-refractivity contribution in [3.05, 3.63) is 24.0 Å². The summed E-state index contributed by atoms with van der Waals surface area (Å²) in [4.78, 5) is 15.5. The average molecular weight is 237 g/mol. The molecule has 0 aliphatic carbocycles. The van der Waals surface area contributed by atoms with Crippen LogP contribution in [0.5, 0.6) is 5.75 Å². The number of hydrogen-bond donors (Lipinski definition) is 1. The fourth-order valence-corrected chi connectivity index (χ4v) is 1.74. The number of rotatable bonds is 6. The first-order chi connectivity index (χ1) is 8.06. The van der Waals surface area contributed by atoms with Gasteiger partial charge in [-0.3, -0.25) is 9.78 Å². The highest BCUT2D eigenvalue weighted by molar-refractivity contribution is 5.76. The summed E-state index contributed by atoms with van der Waals surface area (Å²) in [7, 11) is 0. The van der Waals surface area contributed by atoms with Crippen LogP contribution in [-0.4, -0.2) is 22.7 Å². The van der Waals surface area contributed by atoms with Gasteiger partial charge in [0.25, 0.3) is 0 Å². The molecular weight excluding hydrogens is 218 g/mol. The van der Waals surface area contributed by atoms with Crippen molar-refractivity contribution in [2.75, 3.05) is 6.61 Å². The molecule has 0 radical (unpaired) electrons. The summed E-state index contributed by atoms with van der Waals surface area (Å²) >= 11 is 0. The van der Waals surface area contributed by atoms with Crippen molar-refractivity contribution in [1.29, 1.82) is 0 Å². The standard InChI is InChI=1S/C13H19NO3/c1-4-17-11-6-5-7-14-12(11)10(13(15)16)8-9(2)3/h5-7,9-10H,4,8H2,1-3H3,(H,15,16). The highest BCUT2D eigenvalue weighted by Gasteiger charge is 2.25. The van der Waals surface area contributed by atoms with E-state index in [9.17, 15) is 9.90 Å². The number of pyridine rings is 1. The Kier molecular flexibility index (Phi) is 4.94. The number of hydrogen-bond acceptors (Lipinski definition) is 3. The molecule has 1 rings (SSSR count). The molecule has 0 saturated carbocycles. The molecule has 0 aliphatic rings. The Morgan fingerprint density at radius 1 is 1.53 bits per heavy atom. The highest BCUT2D eigenvalue weighted by Crippen LogP contribution is 2.29. The van der Waals surface area contributed by atoms with Gasteiger partial charge >= 0.3 is 5.97 Å². The van der Waals surface area contributed by atoms with Crippen LogP contribution in [0.25, 0.3) is 0 Å². The van der Waals surface area contributed by atoms with E-state index in [1.54, 1.807) is 18.3 Å². The normalized spacial score (nSPS) is 12.5. The zero-order chi connectivity index (χ0) is 12.8. The number of carboxylic acid groups (broad SMARTS) is 1. The van der Waals surface area contributed by atoms with Crippen LogP contribution >= 0.6 is 0 Å². The smallest absolute Gasteiger partial charge is 0.312 e. The minimum Gasteiger partial charge on any atom is -0.492 e. The molecule has 0 saturated heterocycles. The second-order valence-electron chi connectivity index (χ2n) is 4.34. The maximum Gasteiger partial charge on any atom is 0.312 e. The van der Waals surface area contributed by atoms with Gasteiger partial charge in [-0.1, -0.05) is 13.8 Å². The fraction of sp³-hybridized carbons (Fsp3) is 0.538. The molecule has 0 aromatic carbocycles. The van der Waals surface area contributed by atoms with Crippen LogP contribution in [0, 0.1) is 5.92 Å². The van der Waals surface area contributed by atoms with E-state index in [4.69, 9.17) is 4.74 Å². The van der Waals surface area contributed by atoms with E-state index in [0.29, 0.717) is 30.4 Å². The van der Waals surface area contributed by atoms with Gasteiger partial charge in [0.05, 0.1) is 12.3 Å². The topological polar surface area (TPSA) is 59.4 Å². The van der Waals surface area contributed by atoms with Crippen molar-refractivity contribution >= 4 is 5.97 Å². The van der Waals surface area contributed by atoms with Gasteiger partial charge in [-0.2, -0.15) is 0 Å². The van der Waals surface area contributed by atoms with Crippen molar-refractivity contribution in [3.63, 3.8) is 0 Å². The molecule has 1 aromatic heterocycles. The Morgan fingerprint density at radius 3 is 2.76 bits per heavy atom. The van der Waals surface area contributed by atoms with Gasteiger partial charge in [-0.05, 0) is 31.4 Å². The highest BCUT2D eigenvalue weighted by atomic mass is 16.5. The second-order valence-corrected chi connectivity index (χ2v) is 4.34. The molecule has 1 aromatic rings. The van der Waals surface area contributed by atoms with Gasteiger partial charge < -0.3 is 9.84 Å². The summed E-state index contributed by atoms with van der Waals surface area (Å²) in [6.45, 7) is 6.38. The minimum absolute atomic E-state index is 0.299.